The van der Waals surface area contributed by atoms with Crippen LogP contribution in [-0.4, -0.2) is 5.60 Å². The maximum atomic E-state index is 6.22. The predicted octanol–water partition coefficient (Wildman–Crippen LogP) is 6.30. The van der Waals surface area contributed by atoms with Gasteiger partial charge in [-0.2, -0.15) is 0 Å². The molecule has 3 aromatic rings. The van der Waals surface area contributed by atoms with Crippen molar-refractivity contribution in [3.8, 4) is 22.6 Å². The average molecular weight is 365 g/mol. The van der Waals surface area contributed by atoms with Crippen molar-refractivity contribution in [2.45, 2.75) is 32.5 Å². The lowest BCUT2D eigenvalue weighted by molar-refractivity contribution is 0.135. The fourth-order valence-electron chi connectivity index (χ4n) is 3.38. The molecule has 3 heteroatoms. The summed E-state index contributed by atoms with van der Waals surface area (Å²) in [5.41, 5.74) is 4.41. The van der Waals surface area contributed by atoms with Gasteiger partial charge in [-0.3, -0.25) is 0 Å². The van der Waals surface area contributed by atoms with E-state index < -0.39 is 0 Å². The zero-order chi connectivity index (χ0) is 18.1. The van der Waals surface area contributed by atoms with E-state index in [-0.39, 0.29) is 5.60 Å². The molecule has 26 heavy (non-hydrogen) atoms. The van der Waals surface area contributed by atoms with Crippen molar-refractivity contribution in [1.29, 1.82) is 0 Å². The summed E-state index contributed by atoms with van der Waals surface area (Å²) in [5.74, 6) is 1.82. The molecule has 0 aromatic heterocycles. The van der Waals surface area contributed by atoms with Crippen LogP contribution in [0.2, 0.25) is 5.02 Å². The Morgan fingerprint density at radius 2 is 1.69 bits per heavy atom. The lowest BCUT2D eigenvalue weighted by Crippen LogP contribution is -2.24. The van der Waals surface area contributed by atoms with Crippen molar-refractivity contribution in [3.05, 3.63) is 82.9 Å². The Kier molecular flexibility index (Phi) is 4.37. The standard InChI is InChI=1S/C23H21ClO2/c1-23(2)14-18-12-17(16-8-10-20(24)11-9-16)13-19(22(18)26-23)15-25-21-6-4-3-5-7-21/h3-13H,14-15H2,1-2H3. The second-order valence-electron chi connectivity index (χ2n) is 7.27. The molecule has 0 unspecified atom stereocenters. The molecule has 4 rings (SSSR count). The number of hydrogen-bond acceptors (Lipinski definition) is 2. The summed E-state index contributed by atoms with van der Waals surface area (Å²) in [6, 6.07) is 22.2. The molecule has 1 aliphatic heterocycles. The number of fused-ring (bicyclic) bond motifs is 1. The van der Waals surface area contributed by atoms with Gasteiger partial charge < -0.3 is 9.47 Å². The van der Waals surface area contributed by atoms with Gasteiger partial charge in [-0.15, -0.1) is 0 Å². The molecule has 2 nitrogen and oxygen atoms in total. The minimum absolute atomic E-state index is 0.192. The number of halogens is 1. The Hall–Kier alpha value is -2.45. The van der Waals surface area contributed by atoms with E-state index in [0.29, 0.717) is 6.61 Å². The number of hydrogen-bond donors (Lipinski definition) is 0. The van der Waals surface area contributed by atoms with E-state index in [4.69, 9.17) is 21.1 Å². The first-order chi connectivity index (χ1) is 12.5. The maximum Gasteiger partial charge on any atom is 0.130 e. The fourth-order valence-corrected chi connectivity index (χ4v) is 3.51. The van der Waals surface area contributed by atoms with Crippen molar-refractivity contribution in [2.75, 3.05) is 0 Å². The zero-order valence-electron chi connectivity index (χ0n) is 15.0. The molecule has 132 valence electrons. The van der Waals surface area contributed by atoms with Crippen LogP contribution in [0.1, 0.15) is 25.0 Å². The van der Waals surface area contributed by atoms with Gasteiger partial charge in [-0.1, -0.05) is 41.9 Å². The minimum Gasteiger partial charge on any atom is -0.489 e. The van der Waals surface area contributed by atoms with Gasteiger partial charge in [0.15, 0.2) is 0 Å². The third-order valence-corrected chi connectivity index (χ3v) is 4.80. The van der Waals surface area contributed by atoms with Gasteiger partial charge in [-0.05, 0) is 66.9 Å². The van der Waals surface area contributed by atoms with Gasteiger partial charge >= 0.3 is 0 Å². The second kappa shape index (κ2) is 6.69. The van der Waals surface area contributed by atoms with Crippen molar-refractivity contribution in [3.63, 3.8) is 0 Å². The molecule has 3 aromatic carbocycles. The number of benzene rings is 3. The van der Waals surface area contributed by atoms with Gasteiger partial charge in [0, 0.05) is 17.0 Å². The summed E-state index contributed by atoms with van der Waals surface area (Å²) >= 11 is 6.04. The van der Waals surface area contributed by atoms with Crippen LogP contribution in [-0.2, 0) is 13.0 Å². The fraction of sp³-hybridized carbons (Fsp3) is 0.217. The summed E-state index contributed by atoms with van der Waals surface area (Å²) in [6.45, 7) is 4.72. The molecule has 0 aliphatic carbocycles. The van der Waals surface area contributed by atoms with Crippen LogP contribution in [0.15, 0.2) is 66.7 Å². The minimum atomic E-state index is -0.192. The Labute approximate surface area is 159 Å². The molecule has 0 fully saturated rings. The van der Waals surface area contributed by atoms with Crippen LogP contribution in [0.25, 0.3) is 11.1 Å². The first-order valence-electron chi connectivity index (χ1n) is 8.79. The maximum absolute atomic E-state index is 6.22. The summed E-state index contributed by atoms with van der Waals surface area (Å²) in [4.78, 5) is 0. The molecule has 0 N–H and O–H groups in total. The van der Waals surface area contributed by atoms with E-state index in [2.05, 4.69) is 26.0 Å². The van der Waals surface area contributed by atoms with E-state index in [1.54, 1.807) is 0 Å². The molecule has 0 saturated heterocycles. The Bertz CT molecular complexity index is 915. The van der Waals surface area contributed by atoms with Gasteiger partial charge in [0.2, 0.25) is 0 Å². The van der Waals surface area contributed by atoms with Crippen molar-refractivity contribution in [1.82, 2.24) is 0 Å². The van der Waals surface area contributed by atoms with Gasteiger partial charge in [0.25, 0.3) is 0 Å². The van der Waals surface area contributed by atoms with E-state index >= 15 is 0 Å². The predicted molar refractivity (Wildman–Crippen MR) is 106 cm³/mol. The van der Waals surface area contributed by atoms with Crippen LogP contribution < -0.4 is 9.47 Å². The molecule has 0 amide bonds. The topological polar surface area (TPSA) is 18.5 Å². The molecule has 0 atom stereocenters. The smallest absolute Gasteiger partial charge is 0.130 e. The van der Waals surface area contributed by atoms with Gasteiger partial charge in [-0.25, -0.2) is 0 Å². The number of ether oxygens (including phenoxy) is 2. The molecule has 1 aliphatic rings. The van der Waals surface area contributed by atoms with Crippen LogP contribution >= 0.6 is 11.6 Å². The first kappa shape index (κ1) is 17.0. The van der Waals surface area contributed by atoms with Crippen LogP contribution in [0.4, 0.5) is 0 Å². The van der Waals surface area contributed by atoms with Crippen LogP contribution in [0.5, 0.6) is 11.5 Å². The summed E-state index contributed by atoms with van der Waals surface area (Å²) in [6.07, 6.45) is 0.891. The van der Waals surface area contributed by atoms with E-state index in [9.17, 15) is 0 Å². The first-order valence-corrected chi connectivity index (χ1v) is 9.17. The lowest BCUT2D eigenvalue weighted by Gasteiger charge is -2.18. The molecule has 0 spiro atoms. The van der Waals surface area contributed by atoms with Crippen molar-refractivity contribution in [2.24, 2.45) is 0 Å². The van der Waals surface area contributed by atoms with Crippen molar-refractivity contribution < 1.29 is 9.47 Å². The molecule has 0 saturated carbocycles. The van der Waals surface area contributed by atoms with E-state index in [1.165, 1.54) is 5.56 Å². The van der Waals surface area contributed by atoms with Gasteiger partial charge in [0.1, 0.15) is 23.7 Å². The third kappa shape index (κ3) is 3.56. The zero-order valence-corrected chi connectivity index (χ0v) is 15.7. The summed E-state index contributed by atoms with van der Waals surface area (Å²) in [7, 11) is 0. The highest BCUT2D eigenvalue weighted by Gasteiger charge is 2.32. The number of rotatable bonds is 4. The Morgan fingerprint density at radius 1 is 0.962 bits per heavy atom. The molecule has 0 bridgehead atoms. The van der Waals surface area contributed by atoms with Crippen molar-refractivity contribution >= 4 is 11.6 Å². The largest absolute Gasteiger partial charge is 0.489 e. The molecule has 0 radical (unpaired) electrons. The quantitative estimate of drug-likeness (QED) is 0.540. The normalized spacial score (nSPS) is 14.6. The Balaban J connectivity index is 1.70. The number of para-hydroxylation sites is 1. The highest BCUT2D eigenvalue weighted by Crippen LogP contribution is 2.41. The monoisotopic (exact) mass is 364 g/mol. The molecule has 1 heterocycles. The van der Waals surface area contributed by atoms with E-state index in [1.807, 2.05) is 54.6 Å². The Morgan fingerprint density at radius 3 is 2.42 bits per heavy atom. The van der Waals surface area contributed by atoms with Crippen LogP contribution in [0, 0.1) is 0 Å². The van der Waals surface area contributed by atoms with Gasteiger partial charge in [0.05, 0.1) is 0 Å². The second-order valence-corrected chi connectivity index (χ2v) is 7.71. The highest BCUT2D eigenvalue weighted by molar-refractivity contribution is 6.30. The van der Waals surface area contributed by atoms with Crippen LogP contribution in [0.3, 0.4) is 0 Å². The summed E-state index contributed by atoms with van der Waals surface area (Å²) in [5, 5.41) is 0.743. The molecular weight excluding hydrogens is 344 g/mol. The lowest BCUT2D eigenvalue weighted by atomic mass is 9.95. The third-order valence-electron chi connectivity index (χ3n) is 4.55. The average Bonchev–Trinajstić information content (AvgIpc) is 2.95. The highest BCUT2D eigenvalue weighted by atomic mass is 35.5. The summed E-state index contributed by atoms with van der Waals surface area (Å²) < 4.78 is 12.2. The van der Waals surface area contributed by atoms with E-state index in [0.717, 1.165) is 39.6 Å². The molecular formula is C23H21ClO2. The SMILES string of the molecule is CC1(C)Cc2cc(-c3ccc(Cl)cc3)cc(COc3ccccc3)c2O1.